The second kappa shape index (κ2) is 8.20. The van der Waals surface area contributed by atoms with Gasteiger partial charge < -0.3 is 15.5 Å². The maximum atomic E-state index is 13.1. The van der Waals surface area contributed by atoms with E-state index < -0.39 is 17.4 Å². The van der Waals surface area contributed by atoms with Gasteiger partial charge in [0.25, 0.3) is 5.56 Å². The lowest BCUT2D eigenvalue weighted by molar-refractivity contribution is -0.123. The Balaban J connectivity index is 1.45. The second-order valence-electron chi connectivity index (χ2n) is 8.70. The number of rotatable bonds is 3. The first-order chi connectivity index (χ1) is 15.9. The third-order valence-electron chi connectivity index (χ3n) is 6.33. The Kier molecular flexibility index (Phi) is 5.20. The molecule has 0 saturated carbocycles. The molecule has 1 atom stereocenters. The summed E-state index contributed by atoms with van der Waals surface area (Å²) in [6.07, 6.45) is 0.731. The van der Waals surface area contributed by atoms with Gasteiger partial charge in [0.2, 0.25) is 17.8 Å². The molecule has 2 aromatic carbocycles. The third kappa shape index (κ3) is 4.00. The monoisotopic (exact) mass is 443 g/mol. The van der Waals surface area contributed by atoms with Crippen molar-refractivity contribution < 1.29 is 9.59 Å². The van der Waals surface area contributed by atoms with E-state index in [4.69, 9.17) is 0 Å². The molecule has 0 fully saturated rings. The van der Waals surface area contributed by atoms with Gasteiger partial charge in [-0.25, -0.2) is 0 Å². The summed E-state index contributed by atoms with van der Waals surface area (Å²) in [5, 5.41) is 5.57. The molecule has 33 heavy (non-hydrogen) atoms. The van der Waals surface area contributed by atoms with E-state index in [-0.39, 0.29) is 23.7 Å². The van der Waals surface area contributed by atoms with Crippen LogP contribution in [0.3, 0.4) is 0 Å². The van der Waals surface area contributed by atoms with Crippen LogP contribution >= 0.6 is 0 Å². The number of carbonyl (C=O) groups is 2. The zero-order chi connectivity index (χ0) is 23.1. The van der Waals surface area contributed by atoms with Crippen LogP contribution in [0.1, 0.15) is 40.2 Å². The molecule has 1 aromatic heterocycles. The van der Waals surface area contributed by atoms with Crippen LogP contribution in [-0.2, 0) is 22.6 Å². The highest BCUT2D eigenvalue weighted by Gasteiger charge is 2.35. The van der Waals surface area contributed by atoms with Gasteiger partial charge in [0.15, 0.2) is 0 Å². The average molecular weight is 444 g/mol. The van der Waals surface area contributed by atoms with Crippen molar-refractivity contribution in [2.45, 2.75) is 39.2 Å². The van der Waals surface area contributed by atoms with Crippen molar-refractivity contribution in [2.24, 2.45) is 0 Å². The van der Waals surface area contributed by atoms with Gasteiger partial charge in [0.1, 0.15) is 5.82 Å². The highest BCUT2D eigenvalue weighted by molar-refractivity contribution is 6.04. The fraction of sp³-hybridized carbons (Fsp3) is 0.280. The van der Waals surface area contributed by atoms with Gasteiger partial charge in [-0.3, -0.25) is 19.4 Å². The molecule has 2 amide bonds. The van der Waals surface area contributed by atoms with Crippen LogP contribution < -0.4 is 21.1 Å². The minimum absolute atomic E-state index is 0.106. The van der Waals surface area contributed by atoms with Crippen LogP contribution in [-0.4, -0.2) is 28.3 Å². The average Bonchev–Trinajstić information content (AvgIpc) is 2.79. The van der Waals surface area contributed by atoms with E-state index in [1.54, 1.807) is 0 Å². The lowest BCUT2D eigenvalue weighted by atomic mass is 9.92. The van der Waals surface area contributed by atoms with Crippen LogP contribution in [0.2, 0.25) is 0 Å². The van der Waals surface area contributed by atoms with E-state index >= 15 is 0 Å². The molecule has 0 unspecified atom stereocenters. The number of fused-ring (bicyclic) bond motifs is 2. The van der Waals surface area contributed by atoms with Crippen LogP contribution in [0, 0.1) is 13.8 Å². The number of aryl methyl sites for hydroxylation is 2. The molecule has 0 saturated heterocycles. The summed E-state index contributed by atoms with van der Waals surface area (Å²) in [5.41, 5.74) is 4.90. The van der Waals surface area contributed by atoms with Crippen molar-refractivity contribution in [3.8, 4) is 0 Å². The number of anilines is 3. The molecule has 3 N–H and O–H groups in total. The molecule has 3 heterocycles. The molecule has 0 radical (unpaired) electrons. The highest BCUT2D eigenvalue weighted by atomic mass is 16.2. The van der Waals surface area contributed by atoms with Crippen molar-refractivity contribution in [1.82, 2.24) is 9.97 Å². The molecule has 0 spiro atoms. The number of hydrogen-bond acceptors (Lipinski definition) is 5. The van der Waals surface area contributed by atoms with Crippen molar-refractivity contribution in [3.63, 3.8) is 0 Å². The van der Waals surface area contributed by atoms with Crippen molar-refractivity contribution in [2.75, 3.05) is 22.1 Å². The maximum Gasteiger partial charge on any atom is 0.258 e. The van der Waals surface area contributed by atoms with E-state index in [1.165, 1.54) is 11.1 Å². The van der Waals surface area contributed by atoms with Gasteiger partial charge >= 0.3 is 0 Å². The molecule has 8 heteroatoms. The minimum Gasteiger partial charge on any atom is -0.338 e. The first kappa shape index (κ1) is 20.9. The SMILES string of the molecule is Cc1ccc(NC(=O)[C@@H]2CC(=O)Nc3nc(N4CCc5ccccc5C4)[nH]c(=O)c32)c(C)c1. The molecule has 8 nitrogen and oxygen atoms in total. The van der Waals surface area contributed by atoms with Crippen LogP contribution in [0.25, 0.3) is 0 Å². The van der Waals surface area contributed by atoms with Crippen molar-refractivity contribution >= 4 is 29.3 Å². The Hall–Kier alpha value is -3.94. The van der Waals surface area contributed by atoms with E-state index in [1.807, 2.05) is 49.1 Å². The Morgan fingerprint density at radius 1 is 1.12 bits per heavy atom. The topological polar surface area (TPSA) is 107 Å². The number of carbonyl (C=O) groups excluding carboxylic acids is 2. The van der Waals surface area contributed by atoms with Crippen molar-refractivity contribution in [3.05, 3.63) is 80.6 Å². The molecule has 0 aliphatic carbocycles. The zero-order valence-corrected chi connectivity index (χ0v) is 18.6. The minimum atomic E-state index is -0.915. The van der Waals surface area contributed by atoms with Crippen molar-refractivity contribution in [1.29, 1.82) is 0 Å². The number of hydrogen-bond donors (Lipinski definition) is 3. The molecular formula is C25H25N5O3. The van der Waals surface area contributed by atoms with Gasteiger partial charge in [-0.2, -0.15) is 4.98 Å². The molecule has 2 aliphatic heterocycles. The molecule has 5 rings (SSSR count). The lowest BCUT2D eigenvalue weighted by Crippen LogP contribution is -2.39. The van der Waals surface area contributed by atoms with Crippen LogP contribution in [0.5, 0.6) is 0 Å². The number of nitrogens with zero attached hydrogens (tertiary/aromatic N) is 2. The summed E-state index contributed by atoms with van der Waals surface area (Å²) in [6.45, 7) is 5.19. The number of H-pyrrole nitrogens is 1. The van der Waals surface area contributed by atoms with E-state index in [9.17, 15) is 14.4 Å². The summed E-state index contributed by atoms with van der Waals surface area (Å²) in [4.78, 5) is 48.0. The number of amides is 2. The van der Waals surface area contributed by atoms with E-state index in [0.29, 0.717) is 24.7 Å². The largest absolute Gasteiger partial charge is 0.338 e. The van der Waals surface area contributed by atoms with Gasteiger partial charge in [0, 0.05) is 25.2 Å². The Bertz CT molecular complexity index is 1330. The van der Waals surface area contributed by atoms with Gasteiger partial charge in [-0.05, 0) is 43.0 Å². The molecule has 2 aliphatic rings. The lowest BCUT2D eigenvalue weighted by Gasteiger charge is -2.30. The smallest absolute Gasteiger partial charge is 0.258 e. The zero-order valence-electron chi connectivity index (χ0n) is 18.6. The summed E-state index contributed by atoms with van der Waals surface area (Å²) >= 11 is 0. The van der Waals surface area contributed by atoms with Crippen LogP contribution in [0.15, 0.2) is 47.3 Å². The third-order valence-corrected chi connectivity index (χ3v) is 6.33. The molecule has 0 bridgehead atoms. The Morgan fingerprint density at radius 2 is 1.91 bits per heavy atom. The number of aromatic amines is 1. The summed E-state index contributed by atoms with van der Waals surface area (Å²) in [5.74, 6) is -1.10. The van der Waals surface area contributed by atoms with E-state index in [0.717, 1.165) is 17.5 Å². The van der Waals surface area contributed by atoms with Gasteiger partial charge in [-0.15, -0.1) is 0 Å². The maximum absolute atomic E-state index is 13.1. The first-order valence-electron chi connectivity index (χ1n) is 11.0. The van der Waals surface area contributed by atoms with Gasteiger partial charge in [0.05, 0.1) is 11.5 Å². The number of benzene rings is 2. The standard InChI is InChI=1S/C25H25N5O3/c1-14-7-8-19(15(2)11-14)26-23(32)18-12-20(31)27-22-21(18)24(33)29-25(28-22)30-10-9-16-5-3-4-6-17(16)13-30/h3-8,11,18H,9-10,12-13H2,1-2H3,(H,26,32)(H2,27,28,29,31,33)/t18-/m1/s1. The summed E-state index contributed by atoms with van der Waals surface area (Å²) < 4.78 is 0. The quantitative estimate of drug-likeness (QED) is 0.577. The second-order valence-corrected chi connectivity index (χ2v) is 8.70. The van der Waals surface area contributed by atoms with E-state index in [2.05, 4.69) is 32.7 Å². The molecule has 168 valence electrons. The molecular weight excluding hydrogens is 418 g/mol. The Labute approximate surface area is 191 Å². The fourth-order valence-corrected chi connectivity index (χ4v) is 4.58. The normalized spacial score (nSPS) is 17.1. The van der Waals surface area contributed by atoms with Crippen LogP contribution in [0.4, 0.5) is 17.5 Å². The Morgan fingerprint density at radius 3 is 2.70 bits per heavy atom. The highest BCUT2D eigenvalue weighted by Crippen LogP contribution is 2.31. The predicted octanol–water partition coefficient (Wildman–Crippen LogP) is 3.01. The summed E-state index contributed by atoms with van der Waals surface area (Å²) in [7, 11) is 0. The molecule has 3 aromatic rings. The predicted molar refractivity (Wildman–Crippen MR) is 127 cm³/mol. The number of nitrogens with one attached hydrogen (secondary N) is 3. The first-order valence-corrected chi connectivity index (χ1v) is 11.0. The van der Waals surface area contributed by atoms with Gasteiger partial charge in [-0.1, -0.05) is 42.0 Å². The fourth-order valence-electron chi connectivity index (χ4n) is 4.58. The summed E-state index contributed by atoms with van der Waals surface area (Å²) in [6, 6.07) is 13.9. The number of aromatic nitrogens is 2.